The molecule has 112 valence electrons. The SMILES string of the molecule is CC1(C(=O)N2C(C(=O)O)CC3CCCCC32)CCCO1. The Bertz CT molecular complexity index is 416. The molecule has 5 heteroatoms. The Labute approximate surface area is 119 Å². The lowest BCUT2D eigenvalue weighted by molar-refractivity contribution is -0.161. The fraction of sp³-hybridized carbons (Fsp3) is 0.867. The Morgan fingerprint density at radius 3 is 2.65 bits per heavy atom. The van der Waals surface area contributed by atoms with E-state index in [1.807, 2.05) is 6.92 Å². The highest BCUT2D eigenvalue weighted by Gasteiger charge is 2.52. The van der Waals surface area contributed by atoms with Crippen molar-refractivity contribution < 1.29 is 19.4 Å². The fourth-order valence-electron chi connectivity index (χ4n) is 4.19. The molecule has 1 aliphatic carbocycles. The van der Waals surface area contributed by atoms with Gasteiger partial charge in [-0.2, -0.15) is 0 Å². The molecule has 3 aliphatic rings. The summed E-state index contributed by atoms with van der Waals surface area (Å²) >= 11 is 0. The number of ether oxygens (including phenoxy) is 1. The maximum absolute atomic E-state index is 12.9. The van der Waals surface area contributed by atoms with E-state index in [0.29, 0.717) is 25.4 Å². The molecular formula is C15H23NO4. The highest BCUT2D eigenvalue weighted by atomic mass is 16.5. The minimum absolute atomic E-state index is 0.100. The summed E-state index contributed by atoms with van der Waals surface area (Å²) in [4.78, 5) is 26.1. The second-order valence-corrected chi connectivity index (χ2v) is 6.60. The second-order valence-electron chi connectivity index (χ2n) is 6.60. The van der Waals surface area contributed by atoms with Gasteiger partial charge in [0.25, 0.3) is 5.91 Å². The molecule has 2 saturated heterocycles. The van der Waals surface area contributed by atoms with Crippen molar-refractivity contribution in [1.82, 2.24) is 4.90 Å². The molecular weight excluding hydrogens is 258 g/mol. The third-order valence-corrected chi connectivity index (χ3v) is 5.28. The van der Waals surface area contributed by atoms with Crippen molar-refractivity contribution in [3.05, 3.63) is 0 Å². The lowest BCUT2D eigenvalue weighted by Gasteiger charge is -2.37. The first-order chi connectivity index (χ1) is 9.53. The first kappa shape index (κ1) is 13.9. The van der Waals surface area contributed by atoms with E-state index >= 15 is 0 Å². The molecule has 3 rings (SSSR count). The first-order valence-electron chi connectivity index (χ1n) is 7.72. The monoisotopic (exact) mass is 281 g/mol. The average Bonchev–Trinajstić information content (AvgIpc) is 3.02. The predicted octanol–water partition coefficient (Wildman–Crippen LogP) is 1.80. The summed E-state index contributed by atoms with van der Waals surface area (Å²) in [7, 11) is 0. The number of rotatable bonds is 2. The predicted molar refractivity (Wildman–Crippen MR) is 72.2 cm³/mol. The zero-order chi connectivity index (χ0) is 14.3. The van der Waals surface area contributed by atoms with Crippen LogP contribution in [0.15, 0.2) is 0 Å². The second kappa shape index (κ2) is 5.02. The van der Waals surface area contributed by atoms with Crippen LogP contribution in [0.25, 0.3) is 0 Å². The molecule has 0 spiro atoms. The summed E-state index contributed by atoms with van der Waals surface area (Å²) < 4.78 is 5.64. The summed E-state index contributed by atoms with van der Waals surface area (Å²) in [5.74, 6) is -0.607. The van der Waals surface area contributed by atoms with Crippen molar-refractivity contribution in [3.8, 4) is 0 Å². The van der Waals surface area contributed by atoms with Gasteiger partial charge in [0.2, 0.25) is 0 Å². The normalized spacial score (nSPS) is 40.6. The molecule has 2 aliphatic heterocycles. The number of hydrogen-bond donors (Lipinski definition) is 1. The molecule has 1 saturated carbocycles. The zero-order valence-corrected chi connectivity index (χ0v) is 12.0. The van der Waals surface area contributed by atoms with E-state index in [9.17, 15) is 14.7 Å². The molecule has 0 bridgehead atoms. The van der Waals surface area contributed by atoms with Crippen LogP contribution in [0.5, 0.6) is 0 Å². The van der Waals surface area contributed by atoms with Crippen LogP contribution in [0.2, 0.25) is 0 Å². The first-order valence-corrected chi connectivity index (χ1v) is 7.72. The molecule has 20 heavy (non-hydrogen) atoms. The lowest BCUT2D eigenvalue weighted by Crippen LogP contribution is -2.54. The number of amides is 1. The van der Waals surface area contributed by atoms with Crippen LogP contribution in [-0.4, -0.2) is 46.2 Å². The van der Waals surface area contributed by atoms with E-state index in [-0.39, 0.29) is 11.9 Å². The molecule has 1 amide bonds. The number of nitrogens with zero attached hydrogens (tertiary/aromatic N) is 1. The topological polar surface area (TPSA) is 66.8 Å². The molecule has 0 aromatic heterocycles. The van der Waals surface area contributed by atoms with E-state index in [0.717, 1.165) is 32.1 Å². The van der Waals surface area contributed by atoms with E-state index < -0.39 is 17.6 Å². The van der Waals surface area contributed by atoms with Gasteiger partial charge >= 0.3 is 5.97 Å². The maximum Gasteiger partial charge on any atom is 0.326 e. The molecule has 2 heterocycles. The number of hydrogen-bond acceptors (Lipinski definition) is 3. The molecule has 4 unspecified atom stereocenters. The molecule has 0 aromatic rings. The van der Waals surface area contributed by atoms with Gasteiger partial charge < -0.3 is 14.7 Å². The highest BCUT2D eigenvalue weighted by Crippen LogP contribution is 2.42. The van der Waals surface area contributed by atoms with Crippen molar-refractivity contribution >= 4 is 11.9 Å². The van der Waals surface area contributed by atoms with Gasteiger partial charge in [-0.25, -0.2) is 4.79 Å². The molecule has 1 N–H and O–H groups in total. The van der Waals surface area contributed by atoms with Gasteiger partial charge in [-0.1, -0.05) is 12.8 Å². The van der Waals surface area contributed by atoms with Crippen molar-refractivity contribution in [2.75, 3.05) is 6.61 Å². The van der Waals surface area contributed by atoms with Gasteiger partial charge in [-0.05, 0) is 44.9 Å². The van der Waals surface area contributed by atoms with Crippen LogP contribution in [0.3, 0.4) is 0 Å². The van der Waals surface area contributed by atoms with Crippen molar-refractivity contribution in [2.24, 2.45) is 5.92 Å². The summed E-state index contributed by atoms with van der Waals surface area (Å²) in [5.41, 5.74) is -0.806. The van der Waals surface area contributed by atoms with Gasteiger partial charge in [0.1, 0.15) is 11.6 Å². The Morgan fingerprint density at radius 1 is 1.25 bits per heavy atom. The van der Waals surface area contributed by atoms with E-state index in [2.05, 4.69) is 0 Å². The molecule has 5 nitrogen and oxygen atoms in total. The van der Waals surface area contributed by atoms with Crippen molar-refractivity contribution in [1.29, 1.82) is 0 Å². The number of aliphatic carboxylic acids is 1. The van der Waals surface area contributed by atoms with Gasteiger partial charge in [0.15, 0.2) is 0 Å². The number of carboxylic acids is 1. The van der Waals surface area contributed by atoms with Crippen LogP contribution < -0.4 is 0 Å². The van der Waals surface area contributed by atoms with Crippen LogP contribution in [0.1, 0.15) is 51.9 Å². The summed E-state index contributed by atoms with van der Waals surface area (Å²) in [6.45, 7) is 2.42. The average molecular weight is 281 g/mol. The van der Waals surface area contributed by atoms with Gasteiger partial charge in [0, 0.05) is 12.6 Å². The third kappa shape index (κ3) is 2.12. The Morgan fingerprint density at radius 2 is 2.00 bits per heavy atom. The number of carbonyl (C=O) groups is 2. The number of carboxylic acid groups (broad SMARTS) is 1. The number of carbonyl (C=O) groups excluding carboxylic acids is 1. The van der Waals surface area contributed by atoms with Crippen LogP contribution in [0.4, 0.5) is 0 Å². The van der Waals surface area contributed by atoms with Crippen molar-refractivity contribution in [3.63, 3.8) is 0 Å². The van der Waals surface area contributed by atoms with E-state index in [1.54, 1.807) is 4.90 Å². The summed E-state index contributed by atoms with van der Waals surface area (Å²) in [6.07, 6.45) is 6.43. The highest BCUT2D eigenvalue weighted by molar-refractivity contribution is 5.90. The quantitative estimate of drug-likeness (QED) is 0.838. The van der Waals surface area contributed by atoms with Gasteiger partial charge in [0.05, 0.1) is 0 Å². The number of likely N-dealkylation sites (tertiary alicyclic amines) is 1. The zero-order valence-electron chi connectivity index (χ0n) is 12.0. The molecule has 4 atom stereocenters. The third-order valence-electron chi connectivity index (χ3n) is 5.28. The van der Waals surface area contributed by atoms with E-state index in [4.69, 9.17) is 4.74 Å². The van der Waals surface area contributed by atoms with Gasteiger partial charge in [-0.3, -0.25) is 4.79 Å². The molecule has 0 aromatic carbocycles. The minimum atomic E-state index is -0.866. The standard InChI is InChI=1S/C15H23NO4/c1-15(7-4-8-20-15)14(19)16-11-6-3-2-5-10(11)9-12(16)13(17)18/h10-12H,2-9H2,1H3,(H,17,18). The van der Waals surface area contributed by atoms with Crippen molar-refractivity contribution in [2.45, 2.75) is 69.6 Å². The lowest BCUT2D eigenvalue weighted by atomic mass is 9.84. The Kier molecular flexibility index (Phi) is 3.48. The largest absolute Gasteiger partial charge is 0.480 e. The van der Waals surface area contributed by atoms with Gasteiger partial charge in [-0.15, -0.1) is 0 Å². The van der Waals surface area contributed by atoms with Crippen LogP contribution in [0, 0.1) is 5.92 Å². The van der Waals surface area contributed by atoms with E-state index in [1.165, 1.54) is 0 Å². The Balaban J connectivity index is 1.87. The van der Waals surface area contributed by atoms with Crippen LogP contribution in [-0.2, 0) is 14.3 Å². The van der Waals surface area contributed by atoms with Crippen LogP contribution >= 0.6 is 0 Å². The summed E-state index contributed by atoms with van der Waals surface area (Å²) in [5, 5.41) is 9.47. The smallest absolute Gasteiger partial charge is 0.326 e. The number of fused-ring (bicyclic) bond motifs is 1. The molecule has 3 fully saturated rings. The maximum atomic E-state index is 12.9. The molecule has 0 radical (unpaired) electrons. The summed E-state index contributed by atoms with van der Waals surface area (Å²) in [6, 6.07) is -0.546. The Hall–Kier alpha value is -1.10. The fourth-order valence-corrected chi connectivity index (χ4v) is 4.19. The minimum Gasteiger partial charge on any atom is -0.480 e.